The van der Waals surface area contributed by atoms with Gasteiger partial charge in [-0.15, -0.1) is 0 Å². The molecule has 4 aromatic carbocycles. The molecule has 0 radical (unpaired) electrons. The summed E-state index contributed by atoms with van der Waals surface area (Å²) in [7, 11) is 1.30. The first-order valence-corrected chi connectivity index (χ1v) is 15.3. The number of fused-ring (bicyclic) bond motifs is 1. The van der Waals surface area contributed by atoms with Crippen LogP contribution >= 0.6 is 0 Å². The molecule has 1 aliphatic heterocycles. The van der Waals surface area contributed by atoms with Gasteiger partial charge in [0.05, 0.1) is 25.9 Å². The highest BCUT2D eigenvalue weighted by molar-refractivity contribution is 5.98. The third-order valence-corrected chi connectivity index (χ3v) is 8.42. The first-order valence-electron chi connectivity index (χ1n) is 15.3. The molecule has 8 heteroatoms. The number of amides is 2. The molecule has 0 saturated carbocycles. The van der Waals surface area contributed by atoms with Crippen LogP contribution in [0.3, 0.4) is 0 Å². The molecule has 4 N–H and O–H groups in total. The van der Waals surface area contributed by atoms with E-state index in [1.165, 1.54) is 12.5 Å². The zero-order chi connectivity index (χ0) is 31.0. The van der Waals surface area contributed by atoms with Crippen molar-refractivity contribution in [1.82, 2.24) is 15.6 Å². The predicted molar refractivity (Wildman–Crippen MR) is 176 cm³/mol. The van der Waals surface area contributed by atoms with Crippen molar-refractivity contribution < 1.29 is 19.1 Å². The molecule has 230 valence electrons. The second-order valence-corrected chi connectivity index (χ2v) is 11.3. The van der Waals surface area contributed by atoms with Crippen LogP contribution in [0.2, 0.25) is 0 Å². The quantitative estimate of drug-likeness (QED) is 0.150. The summed E-state index contributed by atoms with van der Waals surface area (Å²) in [6, 6.07) is 36.8. The molecule has 0 aliphatic carbocycles. The third-order valence-electron chi connectivity index (χ3n) is 8.42. The number of rotatable bonds is 10. The van der Waals surface area contributed by atoms with Gasteiger partial charge in [-0.1, -0.05) is 97.1 Å². The Labute approximate surface area is 263 Å². The molecule has 45 heavy (non-hydrogen) atoms. The molecule has 1 aliphatic rings. The highest BCUT2D eigenvalue weighted by Crippen LogP contribution is 2.30. The van der Waals surface area contributed by atoms with Crippen LogP contribution in [0, 0.1) is 0 Å². The van der Waals surface area contributed by atoms with Gasteiger partial charge in [0, 0.05) is 29.4 Å². The van der Waals surface area contributed by atoms with Gasteiger partial charge in [-0.05, 0) is 53.1 Å². The number of carbonyl (C=O) groups is 2. The van der Waals surface area contributed by atoms with Gasteiger partial charge < -0.3 is 30.4 Å². The standard InChI is InChI=1S/C37H38N4O4/c1-44-37(43)41-35(34(26-13-4-2-5-14-26)27-15-6-3-7-16-27)36(42)40-30-18-10-8-12-25(30)20-21-29-23-38-33(24-45-29)32-22-28-17-9-11-19-31(28)39-32/h2-19,22,29,33-35,38-39H,20-21,23-24H2,1H3,(H,40,42)(H,41,43)/t29-,33+,35+/m1/s1. The molecule has 1 aromatic heterocycles. The fourth-order valence-corrected chi connectivity index (χ4v) is 6.06. The van der Waals surface area contributed by atoms with Gasteiger partial charge in [0.15, 0.2) is 0 Å². The van der Waals surface area contributed by atoms with Crippen LogP contribution in [-0.2, 0) is 20.7 Å². The van der Waals surface area contributed by atoms with Gasteiger partial charge in [-0.2, -0.15) is 0 Å². The molecule has 3 atom stereocenters. The minimum Gasteiger partial charge on any atom is -0.453 e. The molecule has 2 amide bonds. The number of aromatic amines is 1. The first-order chi connectivity index (χ1) is 22.1. The molecule has 8 nitrogen and oxygen atoms in total. The summed E-state index contributed by atoms with van der Waals surface area (Å²) in [6.07, 6.45) is 0.881. The Morgan fingerprint density at radius 3 is 2.22 bits per heavy atom. The summed E-state index contributed by atoms with van der Waals surface area (Å²) in [5, 5.41) is 10.8. The highest BCUT2D eigenvalue weighted by atomic mass is 16.5. The molecular weight excluding hydrogens is 564 g/mol. The van der Waals surface area contributed by atoms with E-state index < -0.39 is 18.1 Å². The van der Waals surface area contributed by atoms with Crippen LogP contribution in [0.4, 0.5) is 10.5 Å². The van der Waals surface area contributed by atoms with Gasteiger partial charge in [-0.25, -0.2) is 4.79 Å². The number of methoxy groups -OCH3 is 1. The normalized spacial score (nSPS) is 17.1. The van der Waals surface area contributed by atoms with E-state index in [2.05, 4.69) is 39.1 Å². The smallest absolute Gasteiger partial charge is 0.407 e. The van der Waals surface area contributed by atoms with Crippen LogP contribution in [0.5, 0.6) is 0 Å². The topological polar surface area (TPSA) is 104 Å². The lowest BCUT2D eigenvalue weighted by Gasteiger charge is -2.30. The van der Waals surface area contributed by atoms with E-state index in [9.17, 15) is 9.59 Å². The lowest BCUT2D eigenvalue weighted by Crippen LogP contribution is -2.48. The number of para-hydroxylation sites is 2. The Morgan fingerprint density at radius 1 is 0.889 bits per heavy atom. The summed E-state index contributed by atoms with van der Waals surface area (Å²) < 4.78 is 11.2. The van der Waals surface area contributed by atoms with E-state index in [0.717, 1.165) is 47.3 Å². The van der Waals surface area contributed by atoms with E-state index in [4.69, 9.17) is 9.47 Å². The number of ether oxygens (including phenoxy) is 2. The number of alkyl carbamates (subject to hydrolysis) is 1. The van der Waals surface area contributed by atoms with E-state index in [1.54, 1.807) is 0 Å². The van der Waals surface area contributed by atoms with Crippen molar-refractivity contribution in [3.63, 3.8) is 0 Å². The summed E-state index contributed by atoms with van der Waals surface area (Å²) in [5.41, 5.74) is 5.77. The zero-order valence-corrected chi connectivity index (χ0v) is 25.2. The Hall–Kier alpha value is -4.92. The molecule has 0 unspecified atom stereocenters. The van der Waals surface area contributed by atoms with Crippen LogP contribution in [0.15, 0.2) is 115 Å². The average molecular weight is 603 g/mol. The molecular formula is C37H38N4O4. The van der Waals surface area contributed by atoms with E-state index in [-0.39, 0.29) is 18.1 Å². The molecule has 6 rings (SSSR count). The average Bonchev–Trinajstić information content (AvgIpc) is 3.53. The number of H-pyrrole nitrogens is 1. The maximum Gasteiger partial charge on any atom is 0.407 e. The fraction of sp³-hybridized carbons (Fsp3) is 0.243. The van der Waals surface area contributed by atoms with Crippen molar-refractivity contribution in [3.8, 4) is 0 Å². The first kappa shape index (κ1) is 30.1. The van der Waals surface area contributed by atoms with Crippen LogP contribution in [-0.4, -0.2) is 49.4 Å². The number of morpholine rings is 1. The number of aromatic nitrogens is 1. The zero-order valence-electron chi connectivity index (χ0n) is 25.2. The minimum atomic E-state index is -0.928. The van der Waals surface area contributed by atoms with Crippen molar-refractivity contribution in [3.05, 3.63) is 138 Å². The van der Waals surface area contributed by atoms with Crippen LogP contribution < -0.4 is 16.0 Å². The van der Waals surface area contributed by atoms with E-state index >= 15 is 0 Å². The van der Waals surface area contributed by atoms with Gasteiger partial charge in [0.25, 0.3) is 0 Å². The van der Waals surface area contributed by atoms with Crippen molar-refractivity contribution in [2.45, 2.75) is 36.9 Å². The van der Waals surface area contributed by atoms with Crippen LogP contribution in [0.25, 0.3) is 10.9 Å². The molecule has 5 aromatic rings. The number of carbonyl (C=O) groups excluding carboxylic acids is 2. The van der Waals surface area contributed by atoms with Gasteiger partial charge >= 0.3 is 6.09 Å². The monoisotopic (exact) mass is 602 g/mol. The number of nitrogens with one attached hydrogen (secondary N) is 4. The SMILES string of the molecule is COC(=O)N[C@H](C(=O)Nc1ccccc1CC[C@@H]1CN[C@H](c2cc3ccccc3[nH]2)CO1)C(c1ccccc1)c1ccccc1. The van der Waals surface area contributed by atoms with Crippen molar-refractivity contribution in [1.29, 1.82) is 0 Å². The summed E-state index contributed by atoms with van der Waals surface area (Å²) in [5.74, 6) is -0.770. The number of hydrogen-bond donors (Lipinski definition) is 4. The number of anilines is 1. The van der Waals surface area contributed by atoms with Crippen molar-refractivity contribution >= 4 is 28.6 Å². The fourth-order valence-electron chi connectivity index (χ4n) is 6.06. The largest absolute Gasteiger partial charge is 0.453 e. The van der Waals surface area contributed by atoms with Crippen molar-refractivity contribution in [2.75, 3.05) is 25.6 Å². The second-order valence-electron chi connectivity index (χ2n) is 11.3. The number of aryl methyl sites for hydroxylation is 1. The maximum absolute atomic E-state index is 14.0. The number of hydrogen-bond acceptors (Lipinski definition) is 5. The third kappa shape index (κ3) is 7.25. The lowest BCUT2D eigenvalue weighted by atomic mass is 9.84. The van der Waals surface area contributed by atoms with E-state index in [0.29, 0.717) is 12.3 Å². The van der Waals surface area contributed by atoms with Gasteiger partial charge in [-0.3, -0.25) is 4.79 Å². The Balaban J connectivity index is 1.14. The molecule has 0 spiro atoms. The summed E-state index contributed by atoms with van der Waals surface area (Å²) >= 11 is 0. The molecule has 0 bridgehead atoms. The lowest BCUT2D eigenvalue weighted by molar-refractivity contribution is -0.118. The Bertz CT molecular complexity index is 1640. The van der Waals surface area contributed by atoms with Gasteiger partial charge in [0.2, 0.25) is 5.91 Å². The number of benzene rings is 4. The van der Waals surface area contributed by atoms with Crippen molar-refractivity contribution in [2.24, 2.45) is 0 Å². The minimum absolute atomic E-state index is 0.0451. The molecule has 1 saturated heterocycles. The maximum atomic E-state index is 14.0. The Kier molecular flexibility index (Phi) is 9.53. The van der Waals surface area contributed by atoms with Crippen LogP contribution in [0.1, 0.15) is 40.8 Å². The highest BCUT2D eigenvalue weighted by Gasteiger charge is 2.33. The Morgan fingerprint density at radius 2 is 1.56 bits per heavy atom. The predicted octanol–water partition coefficient (Wildman–Crippen LogP) is 6.33. The molecule has 1 fully saturated rings. The second kappa shape index (κ2) is 14.2. The summed E-state index contributed by atoms with van der Waals surface area (Å²) in [4.78, 5) is 30.0. The van der Waals surface area contributed by atoms with E-state index in [1.807, 2.05) is 97.1 Å². The molecule has 2 heterocycles. The van der Waals surface area contributed by atoms with Gasteiger partial charge in [0.1, 0.15) is 6.04 Å². The summed E-state index contributed by atoms with van der Waals surface area (Å²) in [6.45, 7) is 1.31.